The van der Waals surface area contributed by atoms with Crippen molar-refractivity contribution in [3.8, 4) is 5.75 Å². The Labute approximate surface area is 152 Å². The molecule has 25 heavy (non-hydrogen) atoms. The van der Waals surface area contributed by atoms with E-state index in [1.165, 1.54) is 18.9 Å². The number of hydrogen-bond donors (Lipinski definition) is 1. The predicted molar refractivity (Wildman–Crippen MR) is 88.9 cm³/mol. The van der Waals surface area contributed by atoms with Crippen molar-refractivity contribution in [3.05, 3.63) is 23.8 Å². The molecule has 0 aliphatic carbocycles. The molecule has 1 N–H and O–H groups in total. The molecule has 0 aliphatic rings. The summed E-state index contributed by atoms with van der Waals surface area (Å²) in [6, 6.07) is 4.87. The van der Waals surface area contributed by atoms with Gasteiger partial charge in [-0.3, -0.25) is 0 Å². The van der Waals surface area contributed by atoms with Crippen LogP contribution in [0.25, 0.3) is 0 Å². The first-order valence-electron chi connectivity index (χ1n) is 6.65. The molecule has 0 radical (unpaired) electrons. The normalized spacial score (nSPS) is 11.8. The summed E-state index contributed by atoms with van der Waals surface area (Å²) < 4.78 is 66.9. The molecule has 0 saturated heterocycles. The zero-order valence-corrected chi connectivity index (χ0v) is 15.1. The minimum atomic E-state index is -4.33. The SMILES string of the molecule is COc1cc(CSc2nnc(NCC(F)(F)F)s2)ccc1SC(F)F. The highest BCUT2D eigenvalue weighted by Gasteiger charge is 2.27. The second-order valence-electron chi connectivity index (χ2n) is 4.49. The molecule has 2 aromatic rings. The van der Waals surface area contributed by atoms with Crippen LogP contribution in [-0.2, 0) is 5.75 Å². The largest absolute Gasteiger partial charge is 0.496 e. The van der Waals surface area contributed by atoms with Crippen LogP contribution in [0.4, 0.5) is 27.1 Å². The number of alkyl halides is 5. The van der Waals surface area contributed by atoms with Gasteiger partial charge in [0.15, 0.2) is 4.34 Å². The Morgan fingerprint density at radius 1 is 1.28 bits per heavy atom. The zero-order chi connectivity index (χ0) is 18.4. The first kappa shape index (κ1) is 20.0. The molecule has 1 aromatic carbocycles. The van der Waals surface area contributed by atoms with E-state index in [1.54, 1.807) is 18.2 Å². The maximum atomic E-state index is 12.5. The minimum Gasteiger partial charge on any atom is -0.496 e. The molecule has 1 heterocycles. The number of aromatic nitrogens is 2. The quantitative estimate of drug-likeness (QED) is 0.475. The minimum absolute atomic E-state index is 0.0843. The van der Waals surface area contributed by atoms with Gasteiger partial charge < -0.3 is 10.1 Å². The van der Waals surface area contributed by atoms with Crippen LogP contribution in [-0.4, -0.2) is 35.8 Å². The fraction of sp³-hybridized carbons (Fsp3) is 0.385. The smallest absolute Gasteiger partial charge is 0.405 e. The Morgan fingerprint density at radius 3 is 2.68 bits per heavy atom. The molecular formula is C13H12F5N3OS3. The number of anilines is 1. The lowest BCUT2D eigenvalue weighted by Gasteiger charge is -2.09. The molecule has 0 spiro atoms. The first-order chi connectivity index (χ1) is 11.8. The zero-order valence-electron chi connectivity index (χ0n) is 12.6. The lowest BCUT2D eigenvalue weighted by molar-refractivity contribution is -0.115. The van der Waals surface area contributed by atoms with Crippen molar-refractivity contribution >= 4 is 40.0 Å². The molecular weight excluding hydrogens is 405 g/mol. The molecule has 0 bridgehead atoms. The maximum absolute atomic E-state index is 12.5. The highest BCUT2D eigenvalue weighted by Crippen LogP contribution is 2.36. The van der Waals surface area contributed by atoms with Crippen LogP contribution in [0.2, 0.25) is 0 Å². The van der Waals surface area contributed by atoms with Gasteiger partial charge in [0.05, 0.1) is 12.0 Å². The van der Waals surface area contributed by atoms with E-state index in [0.717, 1.165) is 16.9 Å². The molecule has 2 rings (SSSR count). The van der Waals surface area contributed by atoms with Gasteiger partial charge in [-0.2, -0.15) is 22.0 Å². The topological polar surface area (TPSA) is 47.0 Å². The van der Waals surface area contributed by atoms with Gasteiger partial charge in [-0.1, -0.05) is 40.9 Å². The summed E-state index contributed by atoms with van der Waals surface area (Å²) >= 11 is 2.69. The van der Waals surface area contributed by atoms with Gasteiger partial charge in [-0.05, 0) is 17.7 Å². The van der Waals surface area contributed by atoms with E-state index in [9.17, 15) is 22.0 Å². The van der Waals surface area contributed by atoms with Crippen molar-refractivity contribution in [2.75, 3.05) is 19.0 Å². The summed E-state index contributed by atoms with van der Waals surface area (Å²) in [5, 5.41) is 9.68. The number of thioether (sulfide) groups is 2. The summed E-state index contributed by atoms with van der Waals surface area (Å²) in [6.45, 7) is -1.17. The van der Waals surface area contributed by atoms with Crippen molar-refractivity contribution in [3.63, 3.8) is 0 Å². The third-order valence-electron chi connectivity index (χ3n) is 2.65. The molecule has 0 amide bonds. The molecule has 1 aromatic heterocycles. The van der Waals surface area contributed by atoms with E-state index in [0.29, 0.717) is 32.5 Å². The van der Waals surface area contributed by atoms with Crippen molar-refractivity contribution in [2.45, 2.75) is 26.9 Å². The third kappa shape index (κ3) is 6.86. The maximum Gasteiger partial charge on any atom is 0.405 e. The van der Waals surface area contributed by atoms with Crippen molar-refractivity contribution in [2.24, 2.45) is 0 Å². The van der Waals surface area contributed by atoms with E-state index >= 15 is 0 Å². The third-order valence-corrected chi connectivity index (χ3v) is 5.51. The number of rotatable bonds is 8. The molecule has 0 atom stereocenters. The molecule has 0 fully saturated rings. The molecule has 0 unspecified atom stereocenters. The summed E-state index contributed by atoms with van der Waals surface area (Å²) in [5.41, 5.74) is 0.806. The van der Waals surface area contributed by atoms with E-state index in [1.807, 2.05) is 0 Å². The number of methoxy groups -OCH3 is 1. The molecule has 0 saturated carbocycles. The predicted octanol–water partition coefficient (Wildman–Crippen LogP) is 5.13. The van der Waals surface area contributed by atoms with Gasteiger partial charge in [0.1, 0.15) is 12.3 Å². The van der Waals surface area contributed by atoms with Gasteiger partial charge in [0.25, 0.3) is 5.76 Å². The van der Waals surface area contributed by atoms with Crippen LogP contribution >= 0.6 is 34.9 Å². The molecule has 138 valence electrons. The van der Waals surface area contributed by atoms with Crippen LogP contribution < -0.4 is 10.1 Å². The molecule has 12 heteroatoms. The van der Waals surface area contributed by atoms with Crippen molar-refractivity contribution < 1.29 is 26.7 Å². The number of hydrogen-bond acceptors (Lipinski definition) is 7. The highest BCUT2D eigenvalue weighted by atomic mass is 32.2. The average Bonchev–Trinajstić information content (AvgIpc) is 2.99. The van der Waals surface area contributed by atoms with Crippen molar-refractivity contribution in [1.82, 2.24) is 10.2 Å². The van der Waals surface area contributed by atoms with Gasteiger partial charge in [0.2, 0.25) is 5.13 Å². The number of benzene rings is 1. The van der Waals surface area contributed by atoms with E-state index in [2.05, 4.69) is 15.5 Å². The Balaban J connectivity index is 1.94. The van der Waals surface area contributed by atoms with Gasteiger partial charge >= 0.3 is 6.18 Å². The number of nitrogens with one attached hydrogen (secondary N) is 1. The summed E-state index contributed by atoms with van der Waals surface area (Å²) in [4.78, 5) is 0.334. The summed E-state index contributed by atoms with van der Waals surface area (Å²) in [5.74, 6) is -1.75. The highest BCUT2D eigenvalue weighted by molar-refractivity contribution is 8.00. The van der Waals surface area contributed by atoms with Crippen molar-refractivity contribution in [1.29, 1.82) is 0 Å². The Morgan fingerprint density at radius 2 is 2.04 bits per heavy atom. The second kappa shape index (κ2) is 8.90. The van der Waals surface area contributed by atoms with E-state index in [-0.39, 0.29) is 5.13 Å². The lowest BCUT2D eigenvalue weighted by Crippen LogP contribution is -2.21. The first-order valence-corrected chi connectivity index (χ1v) is 9.33. The Kier molecular flexibility index (Phi) is 7.14. The Hall–Kier alpha value is -1.27. The number of ether oxygens (including phenoxy) is 1. The fourth-order valence-electron chi connectivity index (χ4n) is 1.66. The second-order valence-corrected chi connectivity index (χ2v) is 7.73. The molecule has 4 nitrogen and oxygen atoms in total. The van der Waals surface area contributed by atoms with Crippen LogP contribution in [0, 0.1) is 0 Å². The van der Waals surface area contributed by atoms with E-state index < -0.39 is 18.5 Å². The Bertz CT molecular complexity index is 696. The standard InChI is InChI=1S/C13H12F5N3OS3/c1-22-8-4-7(2-3-9(8)24-10(14)15)5-23-12-21-20-11(25-12)19-6-13(16,17)18/h2-4,10H,5-6H2,1H3,(H,19,20). The van der Waals surface area contributed by atoms with E-state index in [4.69, 9.17) is 4.74 Å². The van der Waals surface area contributed by atoms with Crippen LogP contribution in [0.15, 0.2) is 27.4 Å². The van der Waals surface area contributed by atoms with Crippen LogP contribution in [0.5, 0.6) is 5.75 Å². The summed E-state index contributed by atoms with van der Waals surface area (Å²) in [6.07, 6.45) is -4.33. The number of halogens is 5. The van der Waals surface area contributed by atoms with Crippen LogP contribution in [0.3, 0.4) is 0 Å². The average molecular weight is 417 g/mol. The van der Waals surface area contributed by atoms with Gasteiger partial charge in [0, 0.05) is 5.75 Å². The van der Waals surface area contributed by atoms with Gasteiger partial charge in [-0.25, -0.2) is 0 Å². The summed E-state index contributed by atoms with van der Waals surface area (Å²) in [7, 11) is 1.39. The fourth-order valence-corrected chi connectivity index (χ4v) is 3.94. The monoisotopic (exact) mass is 417 g/mol. The molecule has 0 aliphatic heterocycles. The number of nitrogens with zero attached hydrogens (tertiary/aromatic N) is 2. The van der Waals surface area contributed by atoms with Crippen LogP contribution in [0.1, 0.15) is 5.56 Å². The lowest BCUT2D eigenvalue weighted by atomic mass is 10.2. The van der Waals surface area contributed by atoms with Gasteiger partial charge in [-0.15, -0.1) is 10.2 Å².